The maximum atomic E-state index is 12.1. The van der Waals surface area contributed by atoms with Crippen LogP contribution in [0.15, 0.2) is 47.5 Å². The van der Waals surface area contributed by atoms with Crippen LogP contribution in [0, 0.1) is 5.92 Å². The van der Waals surface area contributed by atoms with Crippen LogP contribution in [0.3, 0.4) is 0 Å². The molecule has 1 aromatic carbocycles. The third kappa shape index (κ3) is 8.57. The van der Waals surface area contributed by atoms with Crippen molar-refractivity contribution in [1.29, 1.82) is 0 Å². The second-order valence-electron chi connectivity index (χ2n) is 6.77. The van der Waals surface area contributed by atoms with Gasteiger partial charge in [-0.1, -0.05) is 26.0 Å². The van der Waals surface area contributed by atoms with E-state index in [4.69, 9.17) is 10.5 Å². The van der Waals surface area contributed by atoms with E-state index in [9.17, 15) is 13.2 Å². The van der Waals surface area contributed by atoms with Crippen molar-refractivity contribution in [2.45, 2.75) is 37.8 Å². The SMILES string of the molecule is CC(C)C[C@H](N)C(=O)NCc1cccnc1Oc1cccc(S(C)(=O)=O)c1.Cl.Cl. The molecule has 1 aromatic heterocycles. The summed E-state index contributed by atoms with van der Waals surface area (Å²) in [5, 5.41) is 2.79. The van der Waals surface area contributed by atoms with Gasteiger partial charge in [0.15, 0.2) is 9.84 Å². The zero-order chi connectivity index (χ0) is 20.0. The Bertz CT molecular complexity index is 908. The van der Waals surface area contributed by atoms with Crippen molar-refractivity contribution in [3.05, 3.63) is 48.2 Å². The van der Waals surface area contributed by atoms with Crippen molar-refractivity contribution >= 4 is 40.6 Å². The number of nitrogens with two attached hydrogens (primary N) is 1. The van der Waals surface area contributed by atoms with Crippen LogP contribution < -0.4 is 15.8 Å². The van der Waals surface area contributed by atoms with Crippen molar-refractivity contribution in [2.75, 3.05) is 6.26 Å². The molecular formula is C19H27Cl2N3O4S. The van der Waals surface area contributed by atoms with Crippen LogP contribution in [0.4, 0.5) is 0 Å². The second-order valence-corrected chi connectivity index (χ2v) is 8.79. The quantitative estimate of drug-likeness (QED) is 0.621. The number of rotatable bonds is 8. The Hall–Kier alpha value is -1.87. The van der Waals surface area contributed by atoms with E-state index in [1.165, 1.54) is 12.1 Å². The number of pyridine rings is 1. The molecule has 0 saturated carbocycles. The van der Waals surface area contributed by atoms with E-state index in [1.807, 2.05) is 13.8 Å². The first-order valence-electron chi connectivity index (χ1n) is 8.62. The summed E-state index contributed by atoms with van der Waals surface area (Å²) in [4.78, 5) is 16.5. The third-order valence-corrected chi connectivity index (χ3v) is 4.92. The monoisotopic (exact) mass is 463 g/mol. The molecule has 1 amide bonds. The second kappa shape index (κ2) is 12.0. The summed E-state index contributed by atoms with van der Waals surface area (Å²) in [6.45, 7) is 4.22. The Kier molecular flexibility index (Phi) is 11.2. The van der Waals surface area contributed by atoms with E-state index < -0.39 is 15.9 Å². The zero-order valence-corrected chi connectivity index (χ0v) is 18.9. The van der Waals surface area contributed by atoms with Crippen LogP contribution in [-0.4, -0.2) is 31.6 Å². The highest BCUT2D eigenvalue weighted by molar-refractivity contribution is 7.90. The van der Waals surface area contributed by atoms with Gasteiger partial charge < -0.3 is 15.8 Å². The number of carbonyl (C=O) groups excluding carboxylic acids is 1. The molecule has 2 aromatic rings. The molecule has 0 saturated heterocycles. The minimum absolute atomic E-state index is 0. The first kappa shape index (κ1) is 27.1. The molecule has 0 fully saturated rings. The van der Waals surface area contributed by atoms with Gasteiger partial charge in [0.05, 0.1) is 10.9 Å². The minimum atomic E-state index is -3.34. The molecule has 10 heteroatoms. The molecule has 0 unspecified atom stereocenters. The average molecular weight is 464 g/mol. The number of benzene rings is 1. The number of ether oxygens (including phenoxy) is 1. The molecule has 0 radical (unpaired) electrons. The number of carbonyl (C=O) groups is 1. The van der Waals surface area contributed by atoms with Gasteiger partial charge in [-0.25, -0.2) is 13.4 Å². The lowest BCUT2D eigenvalue weighted by molar-refractivity contribution is -0.122. The van der Waals surface area contributed by atoms with Crippen molar-refractivity contribution in [3.63, 3.8) is 0 Å². The number of amides is 1. The van der Waals surface area contributed by atoms with Gasteiger partial charge in [-0.15, -0.1) is 24.8 Å². The van der Waals surface area contributed by atoms with Crippen LogP contribution in [0.1, 0.15) is 25.8 Å². The highest BCUT2D eigenvalue weighted by atomic mass is 35.5. The molecule has 1 heterocycles. The summed E-state index contributed by atoms with van der Waals surface area (Å²) in [7, 11) is -3.34. The number of nitrogens with one attached hydrogen (secondary N) is 1. The topological polar surface area (TPSA) is 111 Å². The number of halogens is 2. The summed E-state index contributed by atoms with van der Waals surface area (Å²) < 4.78 is 29.1. The molecule has 29 heavy (non-hydrogen) atoms. The van der Waals surface area contributed by atoms with Gasteiger partial charge in [0.2, 0.25) is 11.8 Å². The lowest BCUT2D eigenvalue weighted by Crippen LogP contribution is -2.41. The van der Waals surface area contributed by atoms with Crippen molar-refractivity contribution in [3.8, 4) is 11.6 Å². The first-order valence-corrected chi connectivity index (χ1v) is 10.5. The van der Waals surface area contributed by atoms with Gasteiger partial charge in [0.25, 0.3) is 0 Å². The highest BCUT2D eigenvalue weighted by Gasteiger charge is 2.16. The molecule has 0 aliphatic heterocycles. The zero-order valence-electron chi connectivity index (χ0n) is 16.5. The molecule has 2 rings (SSSR count). The van der Waals surface area contributed by atoms with Gasteiger partial charge in [0.1, 0.15) is 5.75 Å². The van der Waals surface area contributed by atoms with E-state index in [0.29, 0.717) is 29.5 Å². The molecule has 7 nitrogen and oxygen atoms in total. The van der Waals surface area contributed by atoms with Crippen molar-refractivity contribution < 1.29 is 17.9 Å². The number of aromatic nitrogens is 1. The smallest absolute Gasteiger partial charge is 0.237 e. The maximum absolute atomic E-state index is 12.1. The van der Waals surface area contributed by atoms with Gasteiger partial charge in [-0.3, -0.25) is 4.79 Å². The standard InChI is InChI=1S/C19H25N3O4S.2ClH/c1-13(2)10-17(20)18(23)22-12-14-6-5-9-21-19(14)26-15-7-4-8-16(11-15)27(3,24)25;;/h4-9,11,13,17H,10,12,20H2,1-3H3,(H,22,23);2*1H/t17-;;/m0../s1. The predicted molar refractivity (Wildman–Crippen MR) is 118 cm³/mol. The number of sulfone groups is 1. The van der Waals surface area contributed by atoms with Crippen LogP contribution >= 0.6 is 24.8 Å². The van der Waals surface area contributed by atoms with Crippen LogP contribution in [0.2, 0.25) is 0 Å². The first-order chi connectivity index (χ1) is 12.7. The van der Waals surface area contributed by atoms with Crippen molar-refractivity contribution in [1.82, 2.24) is 10.3 Å². The minimum Gasteiger partial charge on any atom is -0.439 e. The number of hydrogen-bond donors (Lipinski definition) is 2. The van der Waals surface area contributed by atoms with Gasteiger partial charge in [0, 0.05) is 24.6 Å². The molecule has 0 aliphatic rings. The van der Waals surface area contributed by atoms with E-state index in [-0.39, 0.29) is 42.2 Å². The highest BCUT2D eigenvalue weighted by Crippen LogP contribution is 2.25. The summed E-state index contributed by atoms with van der Waals surface area (Å²) in [6.07, 6.45) is 3.29. The van der Waals surface area contributed by atoms with Crippen LogP contribution in [-0.2, 0) is 21.2 Å². The molecule has 3 N–H and O–H groups in total. The summed E-state index contributed by atoms with van der Waals surface area (Å²) in [6, 6.07) is 9.11. The molecule has 1 atom stereocenters. The van der Waals surface area contributed by atoms with Crippen molar-refractivity contribution in [2.24, 2.45) is 11.7 Å². The van der Waals surface area contributed by atoms with Gasteiger partial charge >= 0.3 is 0 Å². The predicted octanol–water partition coefficient (Wildman–Crippen LogP) is 3.11. The fraction of sp³-hybridized carbons (Fsp3) is 0.368. The average Bonchev–Trinajstić information content (AvgIpc) is 2.59. The number of nitrogens with zero attached hydrogens (tertiary/aromatic N) is 1. The Morgan fingerprint density at radius 2 is 1.90 bits per heavy atom. The van der Waals surface area contributed by atoms with E-state index >= 15 is 0 Å². The molecule has 0 spiro atoms. The summed E-state index contributed by atoms with van der Waals surface area (Å²) in [5.41, 5.74) is 6.55. The Balaban J connectivity index is 0.00000392. The molecule has 0 aliphatic carbocycles. The fourth-order valence-corrected chi connectivity index (χ4v) is 3.11. The Morgan fingerprint density at radius 1 is 1.21 bits per heavy atom. The van der Waals surface area contributed by atoms with E-state index in [0.717, 1.165) is 6.26 Å². The van der Waals surface area contributed by atoms with Crippen LogP contribution in [0.5, 0.6) is 11.6 Å². The Morgan fingerprint density at radius 3 is 2.52 bits per heavy atom. The molecule has 0 bridgehead atoms. The van der Waals surface area contributed by atoms with Gasteiger partial charge in [-0.05, 0) is 36.6 Å². The molecular weight excluding hydrogens is 437 g/mol. The maximum Gasteiger partial charge on any atom is 0.237 e. The fourth-order valence-electron chi connectivity index (χ4n) is 2.46. The van der Waals surface area contributed by atoms with Crippen LogP contribution in [0.25, 0.3) is 0 Å². The summed E-state index contributed by atoms with van der Waals surface area (Å²) >= 11 is 0. The third-order valence-electron chi connectivity index (χ3n) is 3.81. The Labute approximate surface area is 184 Å². The number of hydrogen-bond acceptors (Lipinski definition) is 6. The van der Waals surface area contributed by atoms with Gasteiger partial charge in [-0.2, -0.15) is 0 Å². The normalized spacial score (nSPS) is 11.8. The van der Waals surface area contributed by atoms with E-state index in [1.54, 1.807) is 30.5 Å². The lowest BCUT2D eigenvalue weighted by Gasteiger charge is -2.15. The summed E-state index contributed by atoms with van der Waals surface area (Å²) in [5.74, 6) is 0.726. The molecule has 162 valence electrons. The lowest BCUT2D eigenvalue weighted by atomic mass is 10.0. The largest absolute Gasteiger partial charge is 0.439 e. The van der Waals surface area contributed by atoms with E-state index in [2.05, 4.69) is 10.3 Å².